The molecule has 4 nitrogen and oxygen atoms in total. The van der Waals surface area contributed by atoms with Gasteiger partial charge in [-0.2, -0.15) is 0 Å². The summed E-state index contributed by atoms with van der Waals surface area (Å²) >= 11 is 0. The summed E-state index contributed by atoms with van der Waals surface area (Å²) in [5.41, 5.74) is 1.10. The van der Waals surface area contributed by atoms with E-state index in [0.717, 1.165) is 18.5 Å². The van der Waals surface area contributed by atoms with E-state index in [1.807, 2.05) is 42.2 Å². The molecule has 18 heavy (non-hydrogen) atoms. The molecule has 1 aromatic rings. The second-order valence-electron chi connectivity index (χ2n) is 4.88. The number of carbonyl (C=O) groups is 1. The van der Waals surface area contributed by atoms with Crippen LogP contribution in [0.1, 0.15) is 24.9 Å². The van der Waals surface area contributed by atoms with Crippen molar-refractivity contribution in [2.75, 3.05) is 19.6 Å². The van der Waals surface area contributed by atoms with Gasteiger partial charge in [-0.3, -0.25) is 9.69 Å². The van der Waals surface area contributed by atoms with Gasteiger partial charge in [-0.15, -0.1) is 0 Å². The van der Waals surface area contributed by atoms with E-state index >= 15 is 0 Å². The maximum atomic E-state index is 11.9. The van der Waals surface area contributed by atoms with Crippen molar-refractivity contribution in [3.63, 3.8) is 0 Å². The van der Waals surface area contributed by atoms with Gasteiger partial charge in [0.25, 0.3) is 0 Å². The molecule has 0 aromatic heterocycles. The standard InChI is InChI=1S/C14H20N2O2/c1-11(12-5-3-2-4-6-12)15-14(18)10-16-8-7-13(17)9-16/h2-6,11,13,17H,7-10H2,1H3,(H,15,18)/t11?,13-/m0/s1. The Hall–Kier alpha value is -1.39. The Bertz CT molecular complexity index is 394. The first-order valence-electron chi connectivity index (χ1n) is 6.40. The average Bonchev–Trinajstić information content (AvgIpc) is 2.75. The van der Waals surface area contributed by atoms with Crippen molar-refractivity contribution in [3.05, 3.63) is 35.9 Å². The third-order valence-electron chi connectivity index (χ3n) is 3.29. The molecule has 0 saturated carbocycles. The Labute approximate surface area is 108 Å². The molecule has 1 saturated heterocycles. The molecule has 0 aliphatic carbocycles. The zero-order valence-electron chi connectivity index (χ0n) is 10.7. The van der Waals surface area contributed by atoms with Crippen LogP contribution in [0.3, 0.4) is 0 Å². The van der Waals surface area contributed by atoms with Crippen LogP contribution >= 0.6 is 0 Å². The molecule has 4 heteroatoms. The van der Waals surface area contributed by atoms with Crippen LogP contribution in [-0.4, -0.2) is 41.7 Å². The molecule has 1 aliphatic heterocycles. The minimum absolute atomic E-state index is 0.0143. The predicted molar refractivity (Wildman–Crippen MR) is 70.1 cm³/mol. The Morgan fingerprint density at radius 1 is 1.50 bits per heavy atom. The number of aliphatic hydroxyl groups is 1. The molecular formula is C14H20N2O2. The molecule has 1 amide bonds. The highest BCUT2D eigenvalue weighted by Crippen LogP contribution is 2.12. The van der Waals surface area contributed by atoms with E-state index in [2.05, 4.69) is 5.32 Å². The van der Waals surface area contributed by atoms with E-state index < -0.39 is 0 Å². The summed E-state index contributed by atoms with van der Waals surface area (Å²) in [6.45, 7) is 3.75. The van der Waals surface area contributed by atoms with Crippen LogP contribution in [0.15, 0.2) is 30.3 Å². The number of carbonyl (C=O) groups excluding carboxylic acids is 1. The summed E-state index contributed by atoms with van der Waals surface area (Å²) in [5.74, 6) is 0.0143. The molecule has 1 unspecified atom stereocenters. The van der Waals surface area contributed by atoms with Gasteiger partial charge >= 0.3 is 0 Å². The lowest BCUT2D eigenvalue weighted by Gasteiger charge is -2.18. The maximum Gasteiger partial charge on any atom is 0.234 e. The Morgan fingerprint density at radius 3 is 2.83 bits per heavy atom. The van der Waals surface area contributed by atoms with Gasteiger partial charge in [0.2, 0.25) is 5.91 Å². The summed E-state index contributed by atoms with van der Waals surface area (Å²) in [7, 11) is 0. The van der Waals surface area contributed by atoms with Gasteiger partial charge < -0.3 is 10.4 Å². The largest absolute Gasteiger partial charge is 0.392 e. The van der Waals surface area contributed by atoms with Crippen LogP contribution in [0.4, 0.5) is 0 Å². The smallest absolute Gasteiger partial charge is 0.234 e. The van der Waals surface area contributed by atoms with E-state index in [0.29, 0.717) is 13.1 Å². The molecule has 2 N–H and O–H groups in total. The highest BCUT2D eigenvalue weighted by atomic mass is 16.3. The van der Waals surface area contributed by atoms with Gasteiger partial charge in [-0.25, -0.2) is 0 Å². The first-order chi connectivity index (χ1) is 8.65. The normalized spacial score (nSPS) is 21.8. The van der Waals surface area contributed by atoms with E-state index in [-0.39, 0.29) is 18.1 Å². The average molecular weight is 248 g/mol. The fourth-order valence-electron chi connectivity index (χ4n) is 2.27. The second-order valence-corrected chi connectivity index (χ2v) is 4.88. The van der Waals surface area contributed by atoms with Gasteiger partial charge in [-0.05, 0) is 18.9 Å². The molecule has 98 valence electrons. The fraction of sp³-hybridized carbons (Fsp3) is 0.500. The zero-order chi connectivity index (χ0) is 13.0. The van der Waals surface area contributed by atoms with Crippen LogP contribution < -0.4 is 5.32 Å². The van der Waals surface area contributed by atoms with Crippen LogP contribution in [0.25, 0.3) is 0 Å². The van der Waals surface area contributed by atoms with Gasteiger partial charge in [0.05, 0.1) is 18.7 Å². The maximum absolute atomic E-state index is 11.9. The number of hydrogen-bond acceptors (Lipinski definition) is 3. The highest BCUT2D eigenvalue weighted by molar-refractivity contribution is 5.78. The topological polar surface area (TPSA) is 52.6 Å². The SMILES string of the molecule is CC(NC(=O)CN1CC[C@H](O)C1)c1ccccc1. The molecule has 1 heterocycles. The molecule has 1 fully saturated rings. The fourth-order valence-corrected chi connectivity index (χ4v) is 2.27. The summed E-state index contributed by atoms with van der Waals surface area (Å²) in [6, 6.07) is 9.92. The van der Waals surface area contributed by atoms with Crippen molar-refractivity contribution in [2.45, 2.75) is 25.5 Å². The minimum atomic E-state index is -0.274. The van der Waals surface area contributed by atoms with E-state index in [4.69, 9.17) is 0 Å². The van der Waals surface area contributed by atoms with Crippen LogP contribution in [0.5, 0.6) is 0 Å². The zero-order valence-corrected chi connectivity index (χ0v) is 10.7. The summed E-state index contributed by atoms with van der Waals surface area (Å²) in [6.07, 6.45) is 0.492. The minimum Gasteiger partial charge on any atom is -0.392 e. The summed E-state index contributed by atoms with van der Waals surface area (Å²) in [5, 5.41) is 12.4. The van der Waals surface area contributed by atoms with Crippen molar-refractivity contribution >= 4 is 5.91 Å². The van der Waals surface area contributed by atoms with Crippen LogP contribution in [-0.2, 0) is 4.79 Å². The summed E-state index contributed by atoms with van der Waals surface area (Å²) < 4.78 is 0. The lowest BCUT2D eigenvalue weighted by atomic mass is 10.1. The van der Waals surface area contributed by atoms with Crippen molar-refractivity contribution in [1.82, 2.24) is 10.2 Å². The van der Waals surface area contributed by atoms with Crippen molar-refractivity contribution < 1.29 is 9.90 Å². The molecule has 2 rings (SSSR count). The summed E-state index contributed by atoms with van der Waals surface area (Å²) in [4.78, 5) is 13.8. The van der Waals surface area contributed by atoms with Crippen molar-refractivity contribution in [1.29, 1.82) is 0 Å². The van der Waals surface area contributed by atoms with E-state index in [1.54, 1.807) is 0 Å². The number of aliphatic hydroxyl groups excluding tert-OH is 1. The number of nitrogens with one attached hydrogen (secondary N) is 1. The molecule has 0 spiro atoms. The van der Waals surface area contributed by atoms with Crippen molar-refractivity contribution in [2.24, 2.45) is 0 Å². The van der Waals surface area contributed by atoms with E-state index in [9.17, 15) is 9.90 Å². The first kappa shape index (κ1) is 13.1. The lowest BCUT2D eigenvalue weighted by Crippen LogP contribution is -2.37. The number of amides is 1. The van der Waals surface area contributed by atoms with Crippen LogP contribution in [0, 0.1) is 0 Å². The van der Waals surface area contributed by atoms with Crippen molar-refractivity contribution in [3.8, 4) is 0 Å². The van der Waals surface area contributed by atoms with Gasteiger partial charge in [0.1, 0.15) is 0 Å². The third-order valence-corrected chi connectivity index (χ3v) is 3.29. The van der Waals surface area contributed by atoms with Gasteiger partial charge in [0.15, 0.2) is 0 Å². The monoisotopic (exact) mass is 248 g/mol. The van der Waals surface area contributed by atoms with Gasteiger partial charge in [0, 0.05) is 13.1 Å². The Balaban J connectivity index is 1.81. The number of likely N-dealkylation sites (tertiary alicyclic amines) is 1. The molecule has 0 radical (unpaired) electrons. The number of nitrogens with zero attached hydrogens (tertiary/aromatic N) is 1. The quantitative estimate of drug-likeness (QED) is 0.833. The second kappa shape index (κ2) is 5.98. The predicted octanol–water partition coefficient (Wildman–Crippen LogP) is 0.930. The Kier molecular flexibility index (Phi) is 4.33. The molecule has 0 bridgehead atoms. The number of benzene rings is 1. The number of rotatable bonds is 4. The first-order valence-corrected chi connectivity index (χ1v) is 6.40. The van der Waals surface area contributed by atoms with Gasteiger partial charge in [-0.1, -0.05) is 30.3 Å². The molecular weight excluding hydrogens is 228 g/mol. The highest BCUT2D eigenvalue weighted by Gasteiger charge is 2.22. The van der Waals surface area contributed by atoms with Crippen LogP contribution in [0.2, 0.25) is 0 Å². The van der Waals surface area contributed by atoms with E-state index in [1.165, 1.54) is 0 Å². The molecule has 1 aromatic carbocycles. The number of β-amino-alcohol motifs (C(OH)–C–C–N with tert-alkyl or cyclic N) is 1. The molecule has 1 aliphatic rings. The lowest BCUT2D eigenvalue weighted by molar-refractivity contribution is -0.122. The molecule has 2 atom stereocenters. The number of hydrogen-bond donors (Lipinski definition) is 2. The Morgan fingerprint density at radius 2 is 2.22 bits per heavy atom. The third kappa shape index (κ3) is 3.55.